The van der Waals surface area contributed by atoms with Gasteiger partial charge >= 0.3 is 0 Å². The molecule has 110 valence electrons. The summed E-state index contributed by atoms with van der Waals surface area (Å²) in [7, 11) is -2.98. The third kappa shape index (κ3) is 3.33. The van der Waals surface area contributed by atoms with Crippen molar-refractivity contribution in [3.8, 4) is 0 Å². The maximum atomic E-state index is 12.1. The van der Waals surface area contributed by atoms with Crippen LogP contribution in [0.2, 0.25) is 0 Å². The molecule has 1 N–H and O–H groups in total. The van der Waals surface area contributed by atoms with E-state index in [9.17, 15) is 13.2 Å². The Hall–Kier alpha value is -1.66. The number of benzene rings is 1. The van der Waals surface area contributed by atoms with E-state index in [1.165, 1.54) is 16.9 Å². The van der Waals surface area contributed by atoms with Gasteiger partial charge in [-0.1, -0.05) is 30.3 Å². The Bertz CT molecular complexity index is 734. The topological polar surface area (TPSA) is 63.2 Å². The average molecular weight is 321 g/mol. The number of amides is 1. The first-order valence-corrected chi connectivity index (χ1v) is 9.31. The third-order valence-electron chi connectivity index (χ3n) is 3.39. The molecular formula is C15H15NO3S2. The van der Waals surface area contributed by atoms with Crippen molar-refractivity contribution < 1.29 is 13.2 Å². The summed E-state index contributed by atoms with van der Waals surface area (Å²) in [4.78, 5) is 13.5. The van der Waals surface area contributed by atoms with Crippen LogP contribution in [0.15, 0.2) is 36.4 Å². The number of sulfone groups is 1. The van der Waals surface area contributed by atoms with Crippen molar-refractivity contribution in [3.05, 3.63) is 57.3 Å². The fourth-order valence-electron chi connectivity index (χ4n) is 2.36. The van der Waals surface area contributed by atoms with E-state index < -0.39 is 9.84 Å². The van der Waals surface area contributed by atoms with E-state index in [-0.39, 0.29) is 17.4 Å². The normalized spacial score (nSPS) is 15.6. The van der Waals surface area contributed by atoms with Crippen molar-refractivity contribution in [1.82, 2.24) is 5.32 Å². The number of rotatable bonds is 4. The monoisotopic (exact) mass is 321 g/mol. The van der Waals surface area contributed by atoms with Crippen molar-refractivity contribution in [3.63, 3.8) is 0 Å². The van der Waals surface area contributed by atoms with E-state index in [2.05, 4.69) is 5.32 Å². The first kappa shape index (κ1) is 14.3. The van der Waals surface area contributed by atoms with E-state index in [0.29, 0.717) is 11.4 Å². The zero-order valence-electron chi connectivity index (χ0n) is 11.3. The second kappa shape index (κ2) is 5.61. The minimum atomic E-state index is -2.98. The van der Waals surface area contributed by atoms with Crippen LogP contribution >= 0.6 is 11.3 Å². The fourth-order valence-corrected chi connectivity index (χ4v) is 5.54. The molecule has 2 aromatic rings. The SMILES string of the molecule is O=C(NCCc1ccccc1)c1cc2c(s1)CS(=O)(=O)C2. The minimum Gasteiger partial charge on any atom is -0.351 e. The maximum absolute atomic E-state index is 12.1. The Labute approximate surface area is 127 Å². The predicted octanol–water partition coefficient (Wildman–Crippen LogP) is 2.15. The van der Waals surface area contributed by atoms with Gasteiger partial charge in [0.1, 0.15) is 0 Å². The number of thiophene rings is 1. The molecule has 0 saturated carbocycles. The smallest absolute Gasteiger partial charge is 0.261 e. The van der Waals surface area contributed by atoms with Crippen LogP contribution in [0.25, 0.3) is 0 Å². The highest BCUT2D eigenvalue weighted by Crippen LogP contribution is 2.32. The molecule has 1 aromatic carbocycles. The lowest BCUT2D eigenvalue weighted by atomic mass is 10.1. The highest BCUT2D eigenvalue weighted by atomic mass is 32.2. The molecule has 1 aromatic heterocycles. The quantitative estimate of drug-likeness (QED) is 0.938. The summed E-state index contributed by atoms with van der Waals surface area (Å²) in [5, 5.41) is 2.88. The summed E-state index contributed by atoms with van der Waals surface area (Å²) in [6.45, 7) is 0.573. The van der Waals surface area contributed by atoms with Gasteiger partial charge in [-0.25, -0.2) is 8.42 Å². The van der Waals surface area contributed by atoms with Gasteiger partial charge in [-0.3, -0.25) is 4.79 Å². The van der Waals surface area contributed by atoms with Gasteiger partial charge in [0, 0.05) is 11.4 Å². The van der Waals surface area contributed by atoms with Gasteiger partial charge in [0.05, 0.1) is 16.4 Å². The fraction of sp³-hybridized carbons (Fsp3) is 0.267. The standard InChI is InChI=1S/C15H15NO3S2/c17-15(16-7-6-11-4-2-1-3-5-11)13-8-12-9-21(18,19)10-14(12)20-13/h1-5,8H,6-7,9-10H2,(H,16,17). The van der Waals surface area contributed by atoms with Crippen LogP contribution in [0.4, 0.5) is 0 Å². The summed E-state index contributed by atoms with van der Waals surface area (Å²) in [5.41, 5.74) is 1.96. The molecule has 1 aliphatic rings. The molecule has 0 aliphatic carbocycles. The molecule has 3 rings (SSSR count). The zero-order valence-corrected chi connectivity index (χ0v) is 13.0. The van der Waals surface area contributed by atoms with Gasteiger partial charge < -0.3 is 5.32 Å². The van der Waals surface area contributed by atoms with Gasteiger partial charge in [0.2, 0.25) is 0 Å². The highest BCUT2D eigenvalue weighted by Gasteiger charge is 2.28. The summed E-state index contributed by atoms with van der Waals surface area (Å²) in [6, 6.07) is 11.7. The van der Waals surface area contributed by atoms with Crippen molar-refractivity contribution in [2.75, 3.05) is 6.54 Å². The van der Waals surface area contributed by atoms with Gasteiger partial charge in [-0.2, -0.15) is 0 Å². The number of fused-ring (bicyclic) bond motifs is 1. The number of nitrogens with one attached hydrogen (secondary N) is 1. The summed E-state index contributed by atoms with van der Waals surface area (Å²) < 4.78 is 22.9. The molecular weight excluding hydrogens is 306 g/mol. The number of carbonyl (C=O) groups is 1. The van der Waals surface area contributed by atoms with E-state index >= 15 is 0 Å². The molecule has 1 aliphatic heterocycles. The number of hydrogen-bond acceptors (Lipinski definition) is 4. The number of hydrogen-bond donors (Lipinski definition) is 1. The van der Waals surface area contributed by atoms with Crippen molar-refractivity contribution in [2.45, 2.75) is 17.9 Å². The van der Waals surface area contributed by atoms with Crippen LogP contribution in [0.5, 0.6) is 0 Å². The maximum Gasteiger partial charge on any atom is 0.261 e. The molecule has 6 heteroatoms. The second-order valence-corrected chi connectivity index (χ2v) is 8.28. The lowest BCUT2D eigenvalue weighted by Gasteiger charge is -2.03. The minimum absolute atomic E-state index is 0.0656. The molecule has 4 nitrogen and oxygen atoms in total. The molecule has 2 heterocycles. The van der Waals surface area contributed by atoms with Gasteiger partial charge in [-0.15, -0.1) is 11.3 Å². The molecule has 1 amide bonds. The Kier molecular flexibility index (Phi) is 3.82. The summed E-state index contributed by atoms with van der Waals surface area (Å²) in [5.74, 6) is 0.0168. The van der Waals surface area contributed by atoms with E-state index in [1.807, 2.05) is 30.3 Å². The van der Waals surface area contributed by atoms with E-state index in [4.69, 9.17) is 0 Å². The Morgan fingerprint density at radius 2 is 1.95 bits per heavy atom. The van der Waals surface area contributed by atoms with Crippen LogP contribution in [0, 0.1) is 0 Å². The van der Waals surface area contributed by atoms with Crippen molar-refractivity contribution >= 4 is 27.1 Å². The largest absolute Gasteiger partial charge is 0.351 e. The molecule has 0 radical (unpaired) electrons. The van der Waals surface area contributed by atoms with Gasteiger partial charge in [-0.05, 0) is 23.6 Å². The zero-order chi connectivity index (χ0) is 14.9. The predicted molar refractivity (Wildman–Crippen MR) is 83.1 cm³/mol. The Morgan fingerprint density at radius 3 is 2.67 bits per heavy atom. The molecule has 21 heavy (non-hydrogen) atoms. The third-order valence-corrected chi connectivity index (χ3v) is 6.23. The Balaban J connectivity index is 1.58. The average Bonchev–Trinajstić information content (AvgIpc) is 2.93. The first-order chi connectivity index (χ1) is 10.0. The van der Waals surface area contributed by atoms with Gasteiger partial charge in [0.25, 0.3) is 5.91 Å². The molecule has 0 fully saturated rings. The van der Waals surface area contributed by atoms with Crippen LogP contribution in [-0.2, 0) is 27.8 Å². The van der Waals surface area contributed by atoms with Crippen molar-refractivity contribution in [2.24, 2.45) is 0 Å². The lowest BCUT2D eigenvalue weighted by molar-refractivity contribution is 0.0958. The van der Waals surface area contributed by atoms with Crippen molar-refractivity contribution in [1.29, 1.82) is 0 Å². The summed E-state index contributed by atoms with van der Waals surface area (Å²) in [6.07, 6.45) is 0.784. The van der Waals surface area contributed by atoms with Crippen LogP contribution in [-0.4, -0.2) is 20.9 Å². The molecule has 0 saturated heterocycles. The number of carbonyl (C=O) groups excluding carboxylic acids is 1. The van der Waals surface area contributed by atoms with E-state index in [1.54, 1.807) is 6.07 Å². The highest BCUT2D eigenvalue weighted by molar-refractivity contribution is 7.90. The molecule has 0 bridgehead atoms. The summed E-state index contributed by atoms with van der Waals surface area (Å²) >= 11 is 1.29. The lowest BCUT2D eigenvalue weighted by Crippen LogP contribution is -2.24. The van der Waals surface area contributed by atoms with Gasteiger partial charge in [0.15, 0.2) is 9.84 Å². The Morgan fingerprint density at radius 1 is 1.19 bits per heavy atom. The van der Waals surface area contributed by atoms with Crippen LogP contribution < -0.4 is 5.32 Å². The molecule has 0 spiro atoms. The first-order valence-electron chi connectivity index (χ1n) is 6.68. The molecule has 0 unspecified atom stereocenters. The van der Waals surface area contributed by atoms with Crippen LogP contribution in [0.1, 0.15) is 25.7 Å². The second-order valence-electron chi connectivity index (χ2n) is 5.08. The molecule has 0 atom stereocenters. The van der Waals surface area contributed by atoms with Crippen LogP contribution in [0.3, 0.4) is 0 Å². The van der Waals surface area contributed by atoms with E-state index in [0.717, 1.165) is 16.9 Å².